The van der Waals surface area contributed by atoms with E-state index in [1.165, 1.54) is 22.5 Å². The number of rotatable bonds is 6. The van der Waals surface area contributed by atoms with Crippen LogP contribution in [0.3, 0.4) is 0 Å². The summed E-state index contributed by atoms with van der Waals surface area (Å²) < 4.78 is 0. The molecule has 0 aromatic heterocycles. The van der Waals surface area contributed by atoms with Crippen LogP contribution in [0.1, 0.15) is 17.5 Å². The lowest BCUT2D eigenvalue weighted by Crippen LogP contribution is -2.24. The van der Waals surface area contributed by atoms with Crippen LogP contribution in [0.15, 0.2) is 54.6 Å². The smallest absolute Gasteiger partial charge is 0.328 e. The highest BCUT2D eigenvalue weighted by atomic mass is 35.5. The summed E-state index contributed by atoms with van der Waals surface area (Å²) in [6.07, 6.45) is 6.59. The lowest BCUT2D eigenvalue weighted by Gasteiger charge is -2.27. The van der Waals surface area contributed by atoms with Gasteiger partial charge in [0, 0.05) is 35.1 Å². The number of anilines is 2. The van der Waals surface area contributed by atoms with Crippen LogP contribution in [0.25, 0.3) is 12.2 Å². The average Bonchev–Trinajstić information content (AvgIpc) is 2.84. The summed E-state index contributed by atoms with van der Waals surface area (Å²) in [6.45, 7) is 2.05. The van der Waals surface area contributed by atoms with Crippen molar-refractivity contribution in [2.45, 2.75) is 6.42 Å². The number of nitrogens with zero attached hydrogens (tertiary/aromatic N) is 2. The molecule has 2 N–H and O–H groups in total. The molecule has 1 aliphatic heterocycles. The summed E-state index contributed by atoms with van der Waals surface area (Å²) in [4.78, 5) is 23.7. The fraction of sp³-hybridized carbons (Fsp3) is 0.217. The molecule has 158 valence electrons. The molecule has 0 fully saturated rings. The van der Waals surface area contributed by atoms with Gasteiger partial charge >= 0.3 is 11.9 Å². The number of hydrogen-bond donors (Lipinski definition) is 2. The van der Waals surface area contributed by atoms with Crippen molar-refractivity contribution in [1.29, 1.82) is 0 Å². The number of para-hydroxylation sites is 1. The number of carboxylic acids is 2. The van der Waals surface area contributed by atoms with Crippen LogP contribution in [0, 0.1) is 0 Å². The Labute approximate surface area is 181 Å². The number of carboxylic acid groups (broad SMARTS) is 2. The zero-order valence-corrected chi connectivity index (χ0v) is 17.7. The van der Waals surface area contributed by atoms with Crippen molar-refractivity contribution in [3.05, 3.63) is 70.8 Å². The minimum absolute atomic E-state index is 0.558. The monoisotopic (exact) mass is 428 g/mol. The van der Waals surface area contributed by atoms with Crippen LogP contribution in [0.4, 0.5) is 11.4 Å². The molecule has 0 bridgehead atoms. The number of carbonyl (C=O) groups is 2. The van der Waals surface area contributed by atoms with E-state index in [0.29, 0.717) is 12.2 Å². The van der Waals surface area contributed by atoms with E-state index in [1.54, 1.807) is 0 Å². The Balaban J connectivity index is 0.000000343. The van der Waals surface area contributed by atoms with Gasteiger partial charge in [0.05, 0.1) is 0 Å². The standard InChI is InChI=1S/C19H21ClN2.C4H4O4/c1-21(2)12-5-13-22-18-7-4-3-6-15(18)8-9-16-10-11-17(20)14-19(16)22;5-3(6)1-2-4(7)8/h3-4,6-11,14H,5,12-13H2,1-2H3;1-2H,(H,5,6)(H,7,8)/b;2-1+. The first-order valence-electron chi connectivity index (χ1n) is 9.41. The van der Waals surface area contributed by atoms with E-state index in [2.05, 4.69) is 72.4 Å². The van der Waals surface area contributed by atoms with Crippen molar-refractivity contribution in [1.82, 2.24) is 4.90 Å². The lowest BCUT2D eigenvalue weighted by atomic mass is 10.1. The van der Waals surface area contributed by atoms with E-state index in [0.717, 1.165) is 24.5 Å². The van der Waals surface area contributed by atoms with E-state index < -0.39 is 11.9 Å². The second-order valence-electron chi connectivity index (χ2n) is 6.91. The van der Waals surface area contributed by atoms with E-state index in [4.69, 9.17) is 21.8 Å². The molecule has 1 heterocycles. The molecule has 0 amide bonds. The quantitative estimate of drug-likeness (QED) is 0.653. The maximum Gasteiger partial charge on any atom is 0.328 e. The van der Waals surface area contributed by atoms with Crippen LogP contribution in [0.5, 0.6) is 0 Å². The van der Waals surface area contributed by atoms with Crippen LogP contribution in [0.2, 0.25) is 5.02 Å². The molecular weight excluding hydrogens is 404 g/mol. The van der Waals surface area contributed by atoms with E-state index in [9.17, 15) is 9.59 Å². The van der Waals surface area contributed by atoms with Gasteiger partial charge in [-0.1, -0.05) is 48.0 Å². The maximum atomic E-state index is 9.55. The topological polar surface area (TPSA) is 81.1 Å². The Bertz CT molecular complexity index is 938. The maximum absolute atomic E-state index is 9.55. The summed E-state index contributed by atoms with van der Waals surface area (Å²) in [5, 5.41) is 16.4. The molecule has 0 unspecified atom stereocenters. The Hall–Kier alpha value is -3.09. The number of aliphatic carboxylic acids is 2. The van der Waals surface area contributed by atoms with E-state index >= 15 is 0 Å². The number of hydrogen-bond acceptors (Lipinski definition) is 4. The van der Waals surface area contributed by atoms with Crippen LogP contribution >= 0.6 is 11.6 Å². The predicted octanol–water partition coefficient (Wildman–Crippen LogP) is 4.63. The van der Waals surface area contributed by atoms with Crippen LogP contribution in [-0.2, 0) is 9.59 Å². The minimum Gasteiger partial charge on any atom is -0.478 e. The first kappa shape index (κ1) is 23.2. The second-order valence-corrected chi connectivity index (χ2v) is 7.35. The highest BCUT2D eigenvalue weighted by molar-refractivity contribution is 6.31. The van der Waals surface area contributed by atoms with Gasteiger partial charge in [0.25, 0.3) is 0 Å². The molecule has 2 aromatic carbocycles. The number of benzene rings is 2. The van der Waals surface area contributed by atoms with Gasteiger partial charge < -0.3 is 20.0 Å². The molecule has 1 aliphatic rings. The third-order valence-electron chi connectivity index (χ3n) is 4.31. The highest BCUT2D eigenvalue weighted by Gasteiger charge is 2.17. The Morgan fingerprint density at radius 1 is 0.967 bits per heavy atom. The molecule has 0 radical (unpaired) electrons. The lowest BCUT2D eigenvalue weighted by molar-refractivity contribution is -0.134. The van der Waals surface area contributed by atoms with Crippen LogP contribution in [-0.4, -0.2) is 54.2 Å². The fourth-order valence-corrected chi connectivity index (χ4v) is 3.17. The molecule has 0 aliphatic carbocycles. The van der Waals surface area contributed by atoms with Crippen molar-refractivity contribution in [3.63, 3.8) is 0 Å². The molecule has 30 heavy (non-hydrogen) atoms. The van der Waals surface area contributed by atoms with Crippen molar-refractivity contribution >= 4 is 47.1 Å². The molecular formula is C23H25ClN2O4. The van der Waals surface area contributed by atoms with Crippen molar-refractivity contribution in [2.75, 3.05) is 32.1 Å². The number of fused-ring (bicyclic) bond motifs is 2. The van der Waals surface area contributed by atoms with E-state index in [1.807, 2.05) is 6.07 Å². The SMILES string of the molecule is CN(C)CCCN1c2ccccc2C=Cc2ccc(Cl)cc21.O=C(O)/C=C/C(=O)O. The van der Waals surface area contributed by atoms with Gasteiger partial charge in [-0.25, -0.2) is 9.59 Å². The Kier molecular flexibility index (Phi) is 8.65. The Morgan fingerprint density at radius 3 is 2.17 bits per heavy atom. The highest BCUT2D eigenvalue weighted by Crippen LogP contribution is 2.37. The van der Waals surface area contributed by atoms with Gasteiger partial charge in [0.1, 0.15) is 0 Å². The third kappa shape index (κ3) is 7.06. The summed E-state index contributed by atoms with van der Waals surface area (Å²) in [5.41, 5.74) is 4.90. The van der Waals surface area contributed by atoms with Gasteiger partial charge in [0.2, 0.25) is 0 Å². The second kappa shape index (κ2) is 11.2. The predicted molar refractivity (Wildman–Crippen MR) is 121 cm³/mol. The normalized spacial score (nSPS) is 12.1. The van der Waals surface area contributed by atoms with Gasteiger partial charge in [-0.2, -0.15) is 0 Å². The zero-order chi connectivity index (χ0) is 22.1. The largest absolute Gasteiger partial charge is 0.478 e. The van der Waals surface area contributed by atoms with Gasteiger partial charge in [-0.05, 0) is 56.4 Å². The molecule has 0 spiro atoms. The first-order chi connectivity index (χ1) is 14.3. The first-order valence-corrected chi connectivity index (χ1v) is 9.78. The van der Waals surface area contributed by atoms with Crippen molar-refractivity contribution < 1.29 is 19.8 Å². The average molecular weight is 429 g/mol. The molecule has 3 rings (SSSR count). The molecule has 0 saturated heterocycles. The molecule has 7 heteroatoms. The summed E-state index contributed by atoms with van der Waals surface area (Å²) in [7, 11) is 4.23. The van der Waals surface area contributed by atoms with Crippen molar-refractivity contribution in [3.8, 4) is 0 Å². The van der Waals surface area contributed by atoms with Gasteiger partial charge in [-0.3, -0.25) is 0 Å². The van der Waals surface area contributed by atoms with Gasteiger partial charge in [0.15, 0.2) is 0 Å². The molecule has 0 atom stereocenters. The van der Waals surface area contributed by atoms with Crippen molar-refractivity contribution in [2.24, 2.45) is 0 Å². The van der Waals surface area contributed by atoms with E-state index in [-0.39, 0.29) is 0 Å². The third-order valence-corrected chi connectivity index (χ3v) is 4.54. The van der Waals surface area contributed by atoms with Crippen LogP contribution < -0.4 is 4.90 Å². The summed E-state index contributed by atoms with van der Waals surface area (Å²) in [6, 6.07) is 14.7. The molecule has 6 nitrogen and oxygen atoms in total. The summed E-state index contributed by atoms with van der Waals surface area (Å²) in [5.74, 6) is -2.51. The molecule has 0 saturated carbocycles. The fourth-order valence-electron chi connectivity index (χ4n) is 3.00. The molecule has 2 aromatic rings. The number of halogens is 1. The summed E-state index contributed by atoms with van der Waals surface area (Å²) >= 11 is 6.25. The minimum atomic E-state index is -1.26. The van der Waals surface area contributed by atoms with Gasteiger partial charge in [-0.15, -0.1) is 0 Å². The Morgan fingerprint density at radius 2 is 1.57 bits per heavy atom. The zero-order valence-electron chi connectivity index (χ0n) is 17.0.